The van der Waals surface area contributed by atoms with E-state index in [9.17, 15) is 43.2 Å². The molecular formula is C78H152O17P2. The Morgan fingerprint density at radius 2 is 0.495 bits per heavy atom. The number of aliphatic hydroxyl groups excluding tert-OH is 1. The lowest BCUT2D eigenvalue weighted by Gasteiger charge is -2.21. The molecule has 0 aromatic carbocycles. The fraction of sp³-hybridized carbons (Fsp3) is 0.949. The number of carbonyl (C=O) groups is 4. The molecule has 0 heterocycles. The highest BCUT2D eigenvalue weighted by Crippen LogP contribution is 2.45. The lowest BCUT2D eigenvalue weighted by atomic mass is 9.99. The third kappa shape index (κ3) is 69.5. The number of rotatable bonds is 77. The van der Waals surface area contributed by atoms with E-state index in [1.807, 2.05) is 0 Å². The van der Waals surface area contributed by atoms with Crippen LogP contribution in [0.1, 0.15) is 408 Å². The van der Waals surface area contributed by atoms with Crippen LogP contribution in [0.2, 0.25) is 0 Å². The molecule has 0 radical (unpaired) electrons. The standard InChI is InChI=1S/C78H152O17P2/c1-7-11-13-15-17-19-20-25-33-38-44-50-56-62-77(82)94-73(66-88-75(80)60-54-48-42-18-16-14-12-8-2)68-92-96(84,85)90-64-72(79)65-91-97(86,87)93-69-74(95-78(83)63-57-51-45-39-34-29-24-22-27-31-36-41-47-53-59-71(6)10-4)67-89-76(81)61-55-49-43-37-32-28-23-21-26-30-35-40-46-52-58-70(5)9-3/h70-74,79H,7-69H2,1-6H3,(H,84,85)(H,86,87)/t70?,71?,72-,73+,74+/m0/s1. The monoisotopic (exact) mass is 1420 g/mol. The first-order chi connectivity index (χ1) is 46.9. The third-order valence-corrected chi connectivity index (χ3v) is 20.8. The van der Waals surface area contributed by atoms with Crippen LogP contribution in [-0.4, -0.2) is 96.7 Å². The number of esters is 4. The minimum absolute atomic E-state index is 0.108. The second-order valence-corrected chi connectivity index (χ2v) is 31.5. The molecule has 576 valence electrons. The molecule has 97 heavy (non-hydrogen) atoms. The highest BCUT2D eigenvalue weighted by molar-refractivity contribution is 7.47. The van der Waals surface area contributed by atoms with Crippen molar-refractivity contribution in [3.05, 3.63) is 0 Å². The number of phosphoric acid groups is 2. The smallest absolute Gasteiger partial charge is 0.462 e. The van der Waals surface area contributed by atoms with Gasteiger partial charge in [-0.2, -0.15) is 0 Å². The number of hydrogen-bond acceptors (Lipinski definition) is 15. The summed E-state index contributed by atoms with van der Waals surface area (Å²) in [5.74, 6) is -0.418. The van der Waals surface area contributed by atoms with Crippen molar-refractivity contribution < 1.29 is 80.2 Å². The van der Waals surface area contributed by atoms with Crippen molar-refractivity contribution in [2.45, 2.75) is 426 Å². The Kier molecular flexibility index (Phi) is 68.4. The molecule has 0 aliphatic rings. The molecule has 4 unspecified atom stereocenters. The topological polar surface area (TPSA) is 237 Å². The second kappa shape index (κ2) is 69.8. The summed E-state index contributed by atoms with van der Waals surface area (Å²) in [6.45, 7) is 9.70. The Morgan fingerprint density at radius 1 is 0.289 bits per heavy atom. The van der Waals surface area contributed by atoms with Gasteiger partial charge in [0.05, 0.1) is 26.4 Å². The summed E-state index contributed by atoms with van der Waals surface area (Å²) < 4.78 is 68.5. The summed E-state index contributed by atoms with van der Waals surface area (Å²) in [6, 6.07) is 0. The first-order valence-corrected chi connectivity index (χ1v) is 43.6. The second-order valence-electron chi connectivity index (χ2n) is 28.6. The zero-order chi connectivity index (χ0) is 71.4. The molecule has 7 atom stereocenters. The van der Waals surface area contributed by atoms with Gasteiger partial charge in [-0.3, -0.25) is 37.3 Å². The first kappa shape index (κ1) is 95.1. The predicted octanol–water partition coefficient (Wildman–Crippen LogP) is 23.1. The van der Waals surface area contributed by atoms with Gasteiger partial charge in [0.25, 0.3) is 0 Å². The van der Waals surface area contributed by atoms with Gasteiger partial charge >= 0.3 is 39.5 Å². The molecule has 0 aliphatic carbocycles. The first-order valence-electron chi connectivity index (χ1n) is 40.6. The van der Waals surface area contributed by atoms with Crippen LogP contribution in [0.25, 0.3) is 0 Å². The molecule has 0 aliphatic heterocycles. The summed E-state index contributed by atoms with van der Waals surface area (Å²) in [5.41, 5.74) is 0. The summed E-state index contributed by atoms with van der Waals surface area (Å²) in [5, 5.41) is 10.6. The van der Waals surface area contributed by atoms with Crippen LogP contribution in [0.15, 0.2) is 0 Å². The van der Waals surface area contributed by atoms with Gasteiger partial charge in [0, 0.05) is 25.7 Å². The number of aliphatic hydroxyl groups is 1. The van der Waals surface area contributed by atoms with E-state index in [1.165, 1.54) is 218 Å². The van der Waals surface area contributed by atoms with Crippen molar-refractivity contribution in [3.8, 4) is 0 Å². The SMILES string of the molecule is CCCCCCCCCCCCCCCC(=O)O[C@H](COC(=O)CCCCCCCCCC)COP(=O)(O)OC[C@H](O)COP(=O)(O)OC[C@@H](COC(=O)CCCCCCCCCCCCCCCCC(C)CC)OC(=O)CCCCCCCCCCCCCCCCC(C)CC. The van der Waals surface area contributed by atoms with Crippen LogP contribution in [-0.2, 0) is 65.4 Å². The van der Waals surface area contributed by atoms with Gasteiger partial charge in [-0.15, -0.1) is 0 Å². The van der Waals surface area contributed by atoms with Crippen LogP contribution >= 0.6 is 15.6 Å². The van der Waals surface area contributed by atoms with E-state index in [2.05, 4.69) is 41.5 Å². The normalized spacial score (nSPS) is 14.5. The Balaban J connectivity index is 5.21. The lowest BCUT2D eigenvalue weighted by molar-refractivity contribution is -0.161. The van der Waals surface area contributed by atoms with E-state index in [0.717, 1.165) is 108 Å². The zero-order valence-corrected chi connectivity index (χ0v) is 65.2. The van der Waals surface area contributed by atoms with E-state index in [0.29, 0.717) is 25.7 Å². The van der Waals surface area contributed by atoms with Crippen molar-refractivity contribution in [2.24, 2.45) is 11.8 Å². The Labute approximate surface area is 594 Å². The fourth-order valence-corrected chi connectivity index (χ4v) is 13.5. The molecule has 0 saturated carbocycles. The molecular weight excluding hydrogens is 1270 g/mol. The van der Waals surface area contributed by atoms with E-state index in [4.69, 9.17) is 37.0 Å². The van der Waals surface area contributed by atoms with Crippen LogP contribution in [0.5, 0.6) is 0 Å². The average Bonchev–Trinajstić information content (AvgIpc) is 1.17. The highest BCUT2D eigenvalue weighted by Gasteiger charge is 2.30. The number of unbranched alkanes of at least 4 members (excludes halogenated alkanes) is 45. The third-order valence-electron chi connectivity index (χ3n) is 18.9. The van der Waals surface area contributed by atoms with Crippen molar-refractivity contribution in [1.29, 1.82) is 0 Å². The van der Waals surface area contributed by atoms with Gasteiger partial charge in [0.15, 0.2) is 12.2 Å². The minimum Gasteiger partial charge on any atom is -0.462 e. The molecule has 0 amide bonds. The fourth-order valence-electron chi connectivity index (χ4n) is 11.9. The highest BCUT2D eigenvalue weighted by atomic mass is 31.2. The summed E-state index contributed by atoms with van der Waals surface area (Å²) in [7, 11) is -9.91. The Hall–Kier alpha value is -1.94. The van der Waals surface area contributed by atoms with Crippen molar-refractivity contribution in [2.75, 3.05) is 39.6 Å². The van der Waals surface area contributed by atoms with Gasteiger partial charge in [-0.1, -0.05) is 356 Å². The molecule has 0 spiro atoms. The summed E-state index contributed by atoms with van der Waals surface area (Å²) in [6.07, 6.45) is 58.1. The summed E-state index contributed by atoms with van der Waals surface area (Å²) in [4.78, 5) is 72.8. The van der Waals surface area contributed by atoms with Gasteiger partial charge < -0.3 is 33.8 Å². The molecule has 19 heteroatoms. The number of ether oxygens (including phenoxy) is 4. The van der Waals surface area contributed by atoms with Crippen LogP contribution < -0.4 is 0 Å². The van der Waals surface area contributed by atoms with Gasteiger partial charge in [0.2, 0.25) is 0 Å². The molecule has 0 aromatic rings. The largest absolute Gasteiger partial charge is 0.472 e. The maximum Gasteiger partial charge on any atom is 0.472 e. The minimum atomic E-state index is -4.96. The number of phosphoric ester groups is 2. The molecule has 0 bridgehead atoms. The van der Waals surface area contributed by atoms with Gasteiger partial charge in [-0.25, -0.2) is 9.13 Å². The predicted molar refractivity (Wildman–Crippen MR) is 395 cm³/mol. The maximum absolute atomic E-state index is 13.1. The van der Waals surface area contributed by atoms with Crippen molar-refractivity contribution in [1.82, 2.24) is 0 Å². The van der Waals surface area contributed by atoms with E-state index < -0.39 is 97.5 Å². The quantitative estimate of drug-likeness (QED) is 0.0222. The number of carbonyl (C=O) groups excluding carboxylic acids is 4. The van der Waals surface area contributed by atoms with Crippen molar-refractivity contribution >= 4 is 39.5 Å². The van der Waals surface area contributed by atoms with Gasteiger partial charge in [-0.05, 0) is 37.5 Å². The average molecular weight is 1420 g/mol. The van der Waals surface area contributed by atoms with Gasteiger partial charge in [0.1, 0.15) is 19.3 Å². The molecule has 0 aromatic heterocycles. The summed E-state index contributed by atoms with van der Waals surface area (Å²) >= 11 is 0. The zero-order valence-electron chi connectivity index (χ0n) is 63.4. The maximum atomic E-state index is 13.1. The molecule has 0 rings (SSSR count). The van der Waals surface area contributed by atoms with Crippen LogP contribution in [0.4, 0.5) is 0 Å². The van der Waals surface area contributed by atoms with Crippen LogP contribution in [0, 0.1) is 11.8 Å². The number of hydrogen-bond donors (Lipinski definition) is 3. The molecule has 0 fully saturated rings. The van der Waals surface area contributed by atoms with Crippen molar-refractivity contribution in [3.63, 3.8) is 0 Å². The lowest BCUT2D eigenvalue weighted by Crippen LogP contribution is -2.30. The van der Waals surface area contributed by atoms with E-state index >= 15 is 0 Å². The van der Waals surface area contributed by atoms with E-state index in [-0.39, 0.29) is 25.7 Å². The Bertz CT molecular complexity index is 1880. The molecule has 0 saturated heterocycles. The molecule has 17 nitrogen and oxygen atoms in total. The van der Waals surface area contributed by atoms with Crippen LogP contribution in [0.3, 0.4) is 0 Å². The molecule has 3 N–H and O–H groups in total. The Morgan fingerprint density at radius 3 is 0.732 bits per heavy atom. The van der Waals surface area contributed by atoms with E-state index in [1.54, 1.807) is 0 Å².